The third-order valence-corrected chi connectivity index (χ3v) is 8.91. The second-order valence-electron chi connectivity index (χ2n) is 12.6. The number of anilines is 2. The first-order valence-electron chi connectivity index (χ1n) is 14.2. The minimum absolute atomic E-state index is 0.00810. The molecule has 0 aliphatic heterocycles. The van der Waals surface area contributed by atoms with Gasteiger partial charge in [-0.3, -0.25) is 9.44 Å². The minimum Gasteiger partial charge on any atom is -0.458 e. The number of nitrogens with one attached hydrogen (secondary N) is 3. The van der Waals surface area contributed by atoms with E-state index in [1.807, 2.05) is 6.92 Å². The van der Waals surface area contributed by atoms with Gasteiger partial charge in [0.1, 0.15) is 17.2 Å². The summed E-state index contributed by atoms with van der Waals surface area (Å²) in [6.45, 7) is 13.8. The number of hydrogen-bond donors (Lipinski definition) is 3. The zero-order valence-corrected chi connectivity index (χ0v) is 28.4. The standard InChI is InChI=1S/C32H41N3O8S2/c1-21-12-16-26(17-13-21)44(38,39)34-24-10-9-11-27(20-24)45(40,41)35-25-15-14-22(2)23(18-25)19-28(29(36)42-31(3,4)5)33-30(37)43-32(6,7)8/h9-18,20,28,34-35H,19H2,1-8H3,(H,33,37)/t28-/m0/s1. The Hall–Kier alpha value is -4.10. The summed E-state index contributed by atoms with van der Waals surface area (Å²) in [5.41, 5.74) is 0.853. The fraction of sp³-hybridized carbons (Fsp3) is 0.375. The van der Waals surface area contributed by atoms with Crippen LogP contribution in [0.25, 0.3) is 0 Å². The number of hydrogen-bond acceptors (Lipinski definition) is 8. The molecule has 0 saturated heterocycles. The topological polar surface area (TPSA) is 157 Å². The average Bonchev–Trinajstić information content (AvgIpc) is 2.88. The molecule has 13 heteroatoms. The molecule has 11 nitrogen and oxygen atoms in total. The third-order valence-electron chi connectivity index (χ3n) is 6.14. The van der Waals surface area contributed by atoms with Gasteiger partial charge >= 0.3 is 12.1 Å². The van der Waals surface area contributed by atoms with Crippen LogP contribution in [0, 0.1) is 13.8 Å². The van der Waals surface area contributed by atoms with Crippen LogP contribution in [0.15, 0.2) is 76.5 Å². The van der Waals surface area contributed by atoms with Crippen LogP contribution in [0.3, 0.4) is 0 Å². The molecule has 45 heavy (non-hydrogen) atoms. The van der Waals surface area contributed by atoms with Crippen molar-refractivity contribution >= 4 is 43.5 Å². The van der Waals surface area contributed by atoms with Crippen molar-refractivity contribution in [3.05, 3.63) is 83.4 Å². The molecule has 3 aromatic carbocycles. The Morgan fingerprint density at radius 3 is 1.84 bits per heavy atom. The summed E-state index contributed by atoms with van der Waals surface area (Å²) in [5.74, 6) is -0.677. The summed E-state index contributed by atoms with van der Waals surface area (Å²) in [6, 6.07) is 15.4. The number of sulfonamides is 2. The number of aryl methyl sites for hydroxylation is 2. The van der Waals surface area contributed by atoms with Gasteiger partial charge in [-0.1, -0.05) is 29.8 Å². The van der Waals surface area contributed by atoms with Crippen LogP contribution in [0.2, 0.25) is 0 Å². The van der Waals surface area contributed by atoms with Crippen molar-refractivity contribution in [3.8, 4) is 0 Å². The number of benzene rings is 3. The molecule has 0 aromatic heterocycles. The van der Waals surface area contributed by atoms with Gasteiger partial charge in [0.05, 0.1) is 15.5 Å². The van der Waals surface area contributed by atoms with E-state index in [0.29, 0.717) is 5.56 Å². The third kappa shape index (κ3) is 10.8. The van der Waals surface area contributed by atoms with Crippen molar-refractivity contribution < 1.29 is 35.9 Å². The van der Waals surface area contributed by atoms with Gasteiger partial charge in [-0.15, -0.1) is 0 Å². The summed E-state index contributed by atoms with van der Waals surface area (Å²) < 4.78 is 68.2. The number of alkyl carbamates (subject to hydrolysis) is 1. The van der Waals surface area contributed by atoms with E-state index in [4.69, 9.17) is 9.47 Å². The van der Waals surface area contributed by atoms with E-state index in [1.165, 1.54) is 36.4 Å². The molecule has 0 aliphatic carbocycles. The maximum absolute atomic E-state index is 13.4. The van der Waals surface area contributed by atoms with Crippen LogP contribution < -0.4 is 14.8 Å². The highest BCUT2D eigenvalue weighted by Gasteiger charge is 2.29. The summed E-state index contributed by atoms with van der Waals surface area (Å²) in [7, 11) is -8.12. The molecule has 0 heterocycles. The van der Waals surface area contributed by atoms with Crippen LogP contribution in [-0.4, -0.2) is 46.1 Å². The predicted octanol–water partition coefficient (Wildman–Crippen LogP) is 5.68. The Balaban J connectivity index is 1.85. The number of ether oxygens (including phenoxy) is 2. The molecule has 3 N–H and O–H groups in total. The zero-order valence-electron chi connectivity index (χ0n) is 26.7. The van der Waals surface area contributed by atoms with Crippen LogP contribution in [0.4, 0.5) is 16.2 Å². The van der Waals surface area contributed by atoms with Gasteiger partial charge < -0.3 is 14.8 Å². The lowest BCUT2D eigenvalue weighted by molar-refractivity contribution is -0.157. The van der Waals surface area contributed by atoms with E-state index in [0.717, 1.165) is 11.1 Å². The van der Waals surface area contributed by atoms with Crippen molar-refractivity contribution in [1.29, 1.82) is 0 Å². The van der Waals surface area contributed by atoms with Crippen molar-refractivity contribution in [3.63, 3.8) is 0 Å². The smallest absolute Gasteiger partial charge is 0.408 e. The number of amides is 1. The molecule has 0 aliphatic rings. The summed E-state index contributed by atoms with van der Waals surface area (Å²) in [6.07, 6.45) is -0.808. The van der Waals surface area contributed by atoms with Crippen LogP contribution >= 0.6 is 0 Å². The Kier molecular flexibility index (Phi) is 10.6. The van der Waals surface area contributed by atoms with Crippen molar-refractivity contribution in [1.82, 2.24) is 5.32 Å². The second kappa shape index (κ2) is 13.5. The highest BCUT2D eigenvalue weighted by molar-refractivity contribution is 7.93. The average molecular weight is 660 g/mol. The Labute approximate surface area is 265 Å². The number of esters is 1. The van der Waals surface area contributed by atoms with Crippen molar-refractivity contribution in [2.75, 3.05) is 9.44 Å². The van der Waals surface area contributed by atoms with Gasteiger partial charge in [-0.25, -0.2) is 26.4 Å². The molecule has 244 valence electrons. The molecular weight excluding hydrogens is 618 g/mol. The summed E-state index contributed by atoms with van der Waals surface area (Å²) >= 11 is 0. The lowest BCUT2D eigenvalue weighted by atomic mass is 10.00. The minimum atomic E-state index is -4.17. The monoisotopic (exact) mass is 659 g/mol. The second-order valence-corrected chi connectivity index (χ2v) is 16.0. The van der Waals surface area contributed by atoms with Gasteiger partial charge in [-0.2, -0.15) is 0 Å². The molecule has 0 spiro atoms. The lowest BCUT2D eigenvalue weighted by Crippen LogP contribution is -2.47. The normalized spacial score (nSPS) is 13.0. The van der Waals surface area contributed by atoms with E-state index in [-0.39, 0.29) is 27.6 Å². The van der Waals surface area contributed by atoms with Gasteiger partial charge in [0.25, 0.3) is 20.0 Å². The van der Waals surface area contributed by atoms with Gasteiger partial charge in [0, 0.05) is 12.1 Å². The SMILES string of the molecule is Cc1ccc(S(=O)(=O)Nc2cccc(S(=O)(=O)Nc3ccc(C)c(C[C@H](NC(=O)OC(C)(C)C)C(=O)OC(C)(C)C)c3)c2)cc1. The molecular formula is C32H41N3O8S2. The fourth-order valence-corrected chi connectivity index (χ4v) is 6.21. The molecule has 0 radical (unpaired) electrons. The number of carbonyl (C=O) groups is 2. The summed E-state index contributed by atoms with van der Waals surface area (Å²) in [4.78, 5) is 25.5. The quantitative estimate of drug-likeness (QED) is 0.235. The summed E-state index contributed by atoms with van der Waals surface area (Å²) in [5, 5.41) is 2.57. The van der Waals surface area contributed by atoms with Crippen LogP contribution in [-0.2, 0) is 40.7 Å². The van der Waals surface area contributed by atoms with E-state index in [2.05, 4.69) is 14.8 Å². The molecule has 1 amide bonds. The van der Waals surface area contributed by atoms with Crippen molar-refractivity contribution in [2.24, 2.45) is 0 Å². The lowest BCUT2D eigenvalue weighted by Gasteiger charge is -2.26. The molecule has 3 aromatic rings. The maximum atomic E-state index is 13.4. The first kappa shape index (κ1) is 35.4. The van der Waals surface area contributed by atoms with Crippen LogP contribution in [0.5, 0.6) is 0 Å². The Morgan fingerprint density at radius 1 is 0.711 bits per heavy atom. The zero-order chi connectivity index (χ0) is 33.8. The number of carbonyl (C=O) groups excluding carboxylic acids is 2. The van der Waals surface area contributed by atoms with Gasteiger partial charge in [0.15, 0.2) is 0 Å². The molecule has 0 saturated carbocycles. The van der Waals surface area contributed by atoms with Gasteiger partial charge in [0.2, 0.25) is 0 Å². The van der Waals surface area contributed by atoms with E-state index in [9.17, 15) is 26.4 Å². The predicted molar refractivity (Wildman–Crippen MR) is 173 cm³/mol. The Morgan fingerprint density at radius 2 is 1.27 bits per heavy atom. The molecule has 1 atom stereocenters. The number of rotatable bonds is 10. The highest BCUT2D eigenvalue weighted by atomic mass is 32.2. The fourth-order valence-electron chi connectivity index (χ4n) is 4.06. The van der Waals surface area contributed by atoms with E-state index < -0.39 is 49.4 Å². The Bertz CT molecular complexity index is 1760. The maximum Gasteiger partial charge on any atom is 0.408 e. The first-order valence-corrected chi connectivity index (χ1v) is 17.1. The van der Waals surface area contributed by atoms with Crippen molar-refractivity contribution in [2.45, 2.75) is 88.8 Å². The molecule has 0 unspecified atom stereocenters. The first-order chi connectivity index (χ1) is 20.6. The largest absolute Gasteiger partial charge is 0.458 e. The molecule has 0 fully saturated rings. The van der Waals surface area contributed by atoms with E-state index >= 15 is 0 Å². The van der Waals surface area contributed by atoms with Crippen LogP contribution in [0.1, 0.15) is 58.2 Å². The molecule has 0 bridgehead atoms. The molecule has 3 rings (SSSR count). The highest BCUT2D eigenvalue weighted by Crippen LogP contribution is 2.24. The van der Waals surface area contributed by atoms with Gasteiger partial charge in [-0.05, 0) is 109 Å². The van der Waals surface area contributed by atoms with E-state index in [1.54, 1.807) is 78.8 Å².